The third-order valence-electron chi connectivity index (χ3n) is 6.70. The van der Waals surface area contributed by atoms with Crippen LogP contribution in [0.5, 0.6) is 0 Å². The highest BCUT2D eigenvalue weighted by atomic mass is 32.2. The van der Waals surface area contributed by atoms with Gasteiger partial charge in [-0.05, 0) is 56.2 Å². The molecule has 2 aliphatic carbocycles. The molecule has 0 spiro atoms. The molecular weight excluding hydrogens is 458 g/mol. The molecule has 2 fully saturated rings. The minimum atomic E-state index is -3.34. The molecule has 0 bridgehead atoms. The summed E-state index contributed by atoms with van der Waals surface area (Å²) in [4.78, 5) is 22.0. The lowest BCUT2D eigenvalue weighted by atomic mass is 10.1. The lowest BCUT2D eigenvalue weighted by Crippen LogP contribution is -2.35. The fraction of sp³-hybridized carbons (Fsp3) is 0.435. The number of thiazole rings is 1. The van der Waals surface area contributed by atoms with E-state index in [2.05, 4.69) is 24.6 Å². The second-order valence-corrected chi connectivity index (χ2v) is 12.0. The zero-order valence-corrected chi connectivity index (χ0v) is 19.7. The average Bonchev–Trinajstić information content (AvgIpc) is 3.73. The van der Waals surface area contributed by atoms with Crippen LogP contribution in [0.3, 0.4) is 0 Å². The number of aryl methyl sites for hydroxylation is 1. The van der Waals surface area contributed by atoms with Crippen molar-refractivity contribution >= 4 is 32.4 Å². The van der Waals surface area contributed by atoms with Gasteiger partial charge in [-0.3, -0.25) is 9.52 Å². The molecule has 2 N–H and O–H groups in total. The monoisotopic (exact) mass is 483 g/mol. The number of imidazole rings is 1. The first kappa shape index (κ1) is 20.9. The number of carbonyl (C=O) groups is 1. The van der Waals surface area contributed by atoms with E-state index in [1.165, 1.54) is 24.2 Å². The highest BCUT2D eigenvalue weighted by Gasteiger charge is 2.48. The lowest BCUT2D eigenvalue weighted by Gasteiger charge is -2.17. The Morgan fingerprint density at radius 2 is 1.94 bits per heavy atom. The predicted molar refractivity (Wildman–Crippen MR) is 127 cm³/mol. The maximum atomic E-state index is 13.0. The van der Waals surface area contributed by atoms with Crippen LogP contribution in [-0.2, 0) is 28.5 Å². The van der Waals surface area contributed by atoms with E-state index in [0.29, 0.717) is 23.5 Å². The Kier molecular flexibility index (Phi) is 4.84. The zero-order valence-electron chi connectivity index (χ0n) is 18.1. The van der Waals surface area contributed by atoms with Crippen molar-refractivity contribution in [3.8, 4) is 11.3 Å². The molecule has 172 valence electrons. The number of benzene rings is 1. The number of anilines is 1. The van der Waals surface area contributed by atoms with E-state index in [0.717, 1.165) is 48.6 Å². The molecule has 2 saturated carbocycles. The standard InChI is InChI=1S/C23H25N5O3S2/c29-21(16-6-4-15(5-7-16)18-13-24-20-3-1-2-12-28(18)20)26-23(10-11-23)19-14-32-22(25-19)27-33(30,31)17-8-9-17/h4-7,13-14,17H,1-3,8-12H2,(H,25,27)(H,26,29). The first-order valence-electron chi connectivity index (χ1n) is 11.4. The van der Waals surface area contributed by atoms with Gasteiger partial charge in [0.05, 0.1) is 28.4 Å². The Bertz CT molecular complexity index is 1320. The van der Waals surface area contributed by atoms with E-state index >= 15 is 0 Å². The number of aromatic nitrogens is 3. The summed E-state index contributed by atoms with van der Waals surface area (Å²) in [5.74, 6) is 0.985. The van der Waals surface area contributed by atoms with Crippen LogP contribution in [0.2, 0.25) is 0 Å². The first-order valence-corrected chi connectivity index (χ1v) is 13.8. The van der Waals surface area contributed by atoms with Crippen LogP contribution >= 0.6 is 11.3 Å². The Balaban J connectivity index is 1.15. The van der Waals surface area contributed by atoms with Gasteiger partial charge in [0.25, 0.3) is 5.91 Å². The molecule has 0 radical (unpaired) electrons. The van der Waals surface area contributed by atoms with Gasteiger partial charge in [0.2, 0.25) is 10.0 Å². The molecule has 0 atom stereocenters. The molecular formula is C23H25N5O3S2. The van der Waals surface area contributed by atoms with Gasteiger partial charge in [-0.25, -0.2) is 18.4 Å². The van der Waals surface area contributed by atoms with Gasteiger partial charge in [-0.1, -0.05) is 12.1 Å². The molecule has 1 amide bonds. The summed E-state index contributed by atoms with van der Waals surface area (Å²) in [6, 6.07) is 7.64. The minimum Gasteiger partial charge on any atom is -0.341 e. The van der Waals surface area contributed by atoms with Crippen LogP contribution in [-0.4, -0.2) is 34.1 Å². The van der Waals surface area contributed by atoms with Crippen LogP contribution in [0, 0.1) is 0 Å². The largest absolute Gasteiger partial charge is 0.341 e. The molecule has 0 unspecified atom stereocenters. The minimum absolute atomic E-state index is 0.150. The lowest BCUT2D eigenvalue weighted by molar-refractivity contribution is 0.0930. The number of hydrogen-bond acceptors (Lipinski definition) is 6. The van der Waals surface area contributed by atoms with E-state index in [-0.39, 0.29) is 11.2 Å². The molecule has 3 aliphatic rings. The van der Waals surface area contributed by atoms with E-state index < -0.39 is 15.6 Å². The molecule has 2 aromatic heterocycles. The fourth-order valence-electron chi connectivity index (χ4n) is 4.42. The van der Waals surface area contributed by atoms with Gasteiger partial charge in [0.15, 0.2) is 5.13 Å². The Labute approximate surface area is 196 Å². The highest BCUT2D eigenvalue weighted by molar-refractivity contribution is 7.93. The molecule has 3 heterocycles. The molecule has 6 rings (SSSR count). The topological polar surface area (TPSA) is 106 Å². The van der Waals surface area contributed by atoms with Crippen LogP contribution in [0.25, 0.3) is 11.3 Å². The quantitative estimate of drug-likeness (QED) is 0.533. The van der Waals surface area contributed by atoms with Gasteiger partial charge >= 0.3 is 0 Å². The number of hydrogen-bond donors (Lipinski definition) is 2. The Morgan fingerprint density at radius 1 is 1.15 bits per heavy atom. The number of nitrogens with one attached hydrogen (secondary N) is 2. The van der Waals surface area contributed by atoms with Crippen molar-refractivity contribution in [2.75, 3.05) is 4.72 Å². The molecule has 3 aromatic rings. The normalized spacial score (nSPS) is 19.0. The van der Waals surface area contributed by atoms with Crippen molar-refractivity contribution in [1.29, 1.82) is 0 Å². The van der Waals surface area contributed by atoms with Crippen molar-refractivity contribution in [2.45, 2.75) is 62.3 Å². The smallest absolute Gasteiger partial charge is 0.252 e. The zero-order chi connectivity index (χ0) is 22.6. The number of rotatable bonds is 7. The number of carbonyl (C=O) groups excluding carboxylic acids is 1. The number of sulfonamides is 1. The molecule has 0 saturated heterocycles. The number of nitrogens with zero attached hydrogens (tertiary/aromatic N) is 3. The maximum Gasteiger partial charge on any atom is 0.252 e. The van der Waals surface area contributed by atoms with Gasteiger partial charge in [0.1, 0.15) is 5.82 Å². The van der Waals surface area contributed by atoms with Crippen molar-refractivity contribution in [3.05, 3.63) is 52.9 Å². The Hall–Kier alpha value is -2.72. The van der Waals surface area contributed by atoms with Crippen LogP contribution < -0.4 is 10.0 Å². The van der Waals surface area contributed by atoms with Crippen molar-refractivity contribution in [1.82, 2.24) is 19.9 Å². The highest BCUT2D eigenvalue weighted by Crippen LogP contribution is 2.46. The molecule has 10 heteroatoms. The van der Waals surface area contributed by atoms with Crippen molar-refractivity contribution in [3.63, 3.8) is 0 Å². The van der Waals surface area contributed by atoms with Gasteiger partial charge in [-0.2, -0.15) is 0 Å². The van der Waals surface area contributed by atoms with Gasteiger partial charge in [-0.15, -0.1) is 11.3 Å². The summed E-state index contributed by atoms with van der Waals surface area (Å²) in [6.45, 7) is 0.988. The van der Waals surface area contributed by atoms with Crippen molar-refractivity contribution < 1.29 is 13.2 Å². The van der Waals surface area contributed by atoms with Gasteiger partial charge in [0, 0.05) is 23.9 Å². The maximum absolute atomic E-state index is 13.0. The third kappa shape index (κ3) is 3.95. The summed E-state index contributed by atoms with van der Waals surface area (Å²) in [5.41, 5.74) is 2.95. The second kappa shape index (κ2) is 7.66. The summed E-state index contributed by atoms with van der Waals surface area (Å²) < 4.78 is 29.2. The number of amides is 1. The SMILES string of the molecule is O=C(NC1(c2csc(NS(=O)(=O)C3CC3)n2)CC1)c1ccc(-c2cnc3n2CCCC3)cc1. The van der Waals surface area contributed by atoms with E-state index in [1.807, 2.05) is 35.8 Å². The van der Waals surface area contributed by atoms with Crippen LogP contribution in [0.1, 0.15) is 60.4 Å². The molecule has 1 aromatic carbocycles. The fourth-order valence-corrected chi connectivity index (χ4v) is 6.83. The van der Waals surface area contributed by atoms with E-state index in [1.54, 1.807) is 0 Å². The Morgan fingerprint density at radius 3 is 2.67 bits per heavy atom. The summed E-state index contributed by atoms with van der Waals surface area (Å²) in [6.07, 6.45) is 8.28. The summed E-state index contributed by atoms with van der Waals surface area (Å²) in [7, 11) is -3.34. The predicted octanol–water partition coefficient (Wildman–Crippen LogP) is 3.67. The molecule has 33 heavy (non-hydrogen) atoms. The first-order chi connectivity index (χ1) is 15.9. The summed E-state index contributed by atoms with van der Waals surface area (Å²) >= 11 is 1.26. The molecule has 1 aliphatic heterocycles. The van der Waals surface area contributed by atoms with Crippen LogP contribution in [0.4, 0.5) is 5.13 Å². The summed E-state index contributed by atoms with van der Waals surface area (Å²) in [5, 5.41) is 5.03. The van der Waals surface area contributed by atoms with Crippen molar-refractivity contribution in [2.24, 2.45) is 0 Å². The second-order valence-electron chi connectivity index (χ2n) is 9.17. The van der Waals surface area contributed by atoms with E-state index in [9.17, 15) is 13.2 Å². The average molecular weight is 484 g/mol. The van der Waals surface area contributed by atoms with E-state index in [4.69, 9.17) is 0 Å². The van der Waals surface area contributed by atoms with Gasteiger partial charge < -0.3 is 9.88 Å². The number of fused-ring (bicyclic) bond motifs is 1. The molecule has 8 nitrogen and oxygen atoms in total. The van der Waals surface area contributed by atoms with Crippen LogP contribution in [0.15, 0.2) is 35.8 Å². The third-order valence-corrected chi connectivity index (χ3v) is 9.42.